The maximum atomic E-state index is 5.71. The Balaban J connectivity index is 2.29. The van der Waals surface area contributed by atoms with Crippen LogP contribution in [0.5, 0.6) is 0 Å². The summed E-state index contributed by atoms with van der Waals surface area (Å²) in [5.41, 5.74) is 0. The molecule has 1 rings (SSSR count). The van der Waals surface area contributed by atoms with Crippen molar-refractivity contribution < 1.29 is 4.74 Å². The Morgan fingerprint density at radius 2 is 2.00 bits per heavy atom. The Hall–Kier alpha value is -0.0800. The third-order valence-electron chi connectivity index (χ3n) is 3.32. The lowest BCUT2D eigenvalue weighted by Crippen LogP contribution is -2.33. The molecule has 1 aliphatic rings. The standard InChI is InChI=1S/C13H27NO/c1-10(2)12(9-14-11(3)4)8-13-6-5-7-15-13/h10-14H,5-9H2,1-4H3. The zero-order valence-corrected chi connectivity index (χ0v) is 10.8. The molecule has 0 amide bonds. The maximum absolute atomic E-state index is 5.71. The van der Waals surface area contributed by atoms with Crippen LogP contribution in [0.4, 0.5) is 0 Å². The third-order valence-corrected chi connectivity index (χ3v) is 3.32. The molecule has 90 valence electrons. The van der Waals surface area contributed by atoms with Crippen molar-refractivity contribution in [1.82, 2.24) is 5.32 Å². The topological polar surface area (TPSA) is 21.3 Å². The molecule has 1 fully saturated rings. The van der Waals surface area contributed by atoms with E-state index in [0.717, 1.165) is 25.0 Å². The molecule has 2 unspecified atom stereocenters. The van der Waals surface area contributed by atoms with Gasteiger partial charge in [0.2, 0.25) is 0 Å². The molecule has 0 bridgehead atoms. The van der Waals surface area contributed by atoms with Crippen LogP contribution in [-0.2, 0) is 4.74 Å². The summed E-state index contributed by atoms with van der Waals surface area (Å²) < 4.78 is 5.71. The Morgan fingerprint density at radius 3 is 2.47 bits per heavy atom. The molecular weight excluding hydrogens is 186 g/mol. The minimum absolute atomic E-state index is 0.534. The van der Waals surface area contributed by atoms with Gasteiger partial charge in [0.1, 0.15) is 0 Å². The zero-order chi connectivity index (χ0) is 11.3. The highest BCUT2D eigenvalue weighted by molar-refractivity contribution is 4.74. The largest absolute Gasteiger partial charge is 0.378 e. The van der Waals surface area contributed by atoms with Gasteiger partial charge in [-0.15, -0.1) is 0 Å². The Bertz CT molecular complexity index is 162. The van der Waals surface area contributed by atoms with Crippen LogP contribution in [0.15, 0.2) is 0 Å². The lowest BCUT2D eigenvalue weighted by molar-refractivity contribution is 0.0813. The minimum Gasteiger partial charge on any atom is -0.378 e. The summed E-state index contributed by atoms with van der Waals surface area (Å²) in [7, 11) is 0. The van der Waals surface area contributed by atoms with E-state index in [1.165, 1.54) is 19.3 Å². The number of nitrogens with one attached hydrogen (secondary N) is 1. The summed E-state index contributed by atoms with van der Waals surface area (Å²) in [6.45, 7) is 11.2. The first-order valence-corrected chi connectivity index (χ1v) is 6.44. The van der Waals surface area contributed by atoms with Crippen LogP contribution in [0.3, 0.4) is 0 Å². The molecule has 2 nitrogen and oxygen atoms in total. The number of rotatable bonds is 6. The van der Waals surface area contributed by atoms with E-state index >= 15 is 0 Å². The van der Waals surface area contributed by atoms with Crippen molar-refractivity contribution in [2.45, 2.75) is 59.1 Å². The summed E-state index contributed by atoms with van der Waals surface area (Å²) in [4.78, 5) is 0. The number of hydrogen-bond donors (Lipinski definition) is 1. The molecule has 1 heterocycles. The van der Waals surface area contributed by atoms with E-state index in [2.05, 4.69) is 33.0 Å². The van der Waals surface area contributed by atoms with Gasteiger partial charge in [0, 0.05) is 12.6 Å². The van der Waals surface area contributed by atoms with E-state index in [9.17, 15) is 0 Å². The third kappa shape index (κ3) is 4.98. The molecule has 1 saturated heterocycles. The minimum atomic E-state index is 0.534. The summed E-state index contributed by atoms with van der Waals surface area (Å²) >= 11 is 0. The van der Waals surface area contributed by atoms with E-state index < -0.39 is 0 Å². The van der Waals surface area contributed by atoms with Crippen LogP contribution in [0.1, 0.15) is 47.0 Å². The van der Waals surface area contributed by atoms with Gasteiger partial charge in [-0.1, -0.05) is 27.7 Å². The summed E-state index contributed by atoms with van der Waals surface area (Å²) in [5.74, 6) is 1.51. The molecule has 2 heteroatoms. The van der Waals surface area contributed by atoms with E-state index in [4.69, 9.17) is 4.74 Å². The van der Waals surface area contributed by atoms with Crippen molar-refractivity contribution in [3.63, 3.8) is 0 Å². The monoisotopic (exact) mass is 213 g/mol. The first kappa shape index (κ1) is 13.0. The van der Waals surface area contributed by atoms with Crippen LogP contribution in [0.2, 0.25) is 0 Å². The van der Waals surface area contributed by atoms with Gasteiger partial charge >= 0.3 is 0 Å². The fourth-order valence-corrected chi connectivity index (χ4v) is 2.15. The van der Waals surface area contributed by atoms with Crippen LogP contribution >= 0.6 is 0 Å². The average molecular weight is 213 g/mol. The Kier molecular flexibility index (Phi) is 5.62. The van der Waals surface area contributed by atoms with Gasteiger partial charge in [0.25, 0.3) is 0 Å². The predicted molar refractivity (Wildman–Crippen MR) is 65.1 cm³/mol. The normalized spacial score (nSPS) is 24.0. The molecule has 1 aliphatic heterocycles. The van der Waals surface area contributed by atoms with Crippen molar-refractivity contribution in [3.8, 4) is 0 Å². The van der Waals surface area contributed by atoms with E-state index in [-0.39, 0.29) is 0 Å². The number of ether oxygens (including phenoxy) is 1. The second-order valence-corrected chi connectivity index (χ2v) is 5.44. The second-order valence-electron chi connectivity index (χ2n) is 5.44. The molecule has 0 spiro atoms. The smallest absolute Gasteiger partial charge is 0.0579 e. The van der Waals surface area contributed by atoms with E-state index in [0.29, 0.717) is 12.1 Å². The van der Waals surface area contributed by atoms with Crippen LogP contribution < -0.4 is 5.32 Å². The molecular formula is C13H27NO. The van der Waals surface area contributed by atoms with Crippen molar-refractivity contribution in [2.75, 3.05) is 13.2 Å². The van der Waals surface area contributed by atoms with Gasteiger partial charge in [-0.2, -0.15) is 0 Å². The summed E-state index contributed by atoms with van der Waals surface area (Å²) in [5, 5.41) is 3.55. The molecule has 15 heavy (non-hydrogen) atoms. The second kappa shape index (κ2) is 6.49. The van der Waals surface area contributed by atoms with Gasteiger partial charge in [0.15, 0.2) is 0 Å². The first-order chi connectivity index (χ1) is 7.09. The quantitative estimate of drug-likeness (QED) is 0.732. The van der Waals surface area contributed by atoms with Gasteiger partial charge < -0.3 is 10.1 Å². The van der Waals surface area contributed by atoms with E-state index in [1.54, 1.807) is 0 Å². The lowest BCUT2D eigenvalue weighted by Gasteiger charge is -2.25. The Labute approximate surface area is 94.8 Å². The Morgan fingerprint density at radius 1 is 1.27 bits per heavy atom. The highest BCUT2D eigenvalue weighted by Gasteiger charge is 2.22. The molecule has 1 N–H and O–H groups in total. The van der Waals surface area contributed by atoms with Gasteiger partial charge in [0.05, 0.1) is 6.10 Å². The summed E-state index contributed by atoms with van der Waals surface area (Å²) in [6, 6.07) is 0.593. The maximum Gasteiger partial charge on any atom is 0.0579 e. The van der Waals surface area contributed by atoms with Gasteiger partial charge in [-0.25, -0.2) is 0 Å². The van der Waals surface area contributed by atoms with Gasteiger partial charge in [-0.3, -0.25) is 0 Å². The lowest BCUT2D eigenvalue weighted by atomic mass is 9.89. The number of hydrogen-bond acceptors (Lipinski definition) is 2. The van der Waals surface area contributed by atoms with E-state index in [1.807, 2.05) is 0 Å². The molecule has 0 radical (unpaired) electrons. The average Bonchev–Trinajstić information content (AvgIpc) is 2.63. The van der Waals surface area contributed by atoms with Crippen LogP contribution in [-0.4, -0.2) is 25.3 Å². The zero-order valence-electron chi connectivity index (χ0n) is 10.8. The molecule has 0 aromatic carbocycles. The van der Waals surface area contributed by atoms with Crippen molar-refractivity contribution >= 4 is 0 Å². The fraction of sp³-hybridized carbons (Fsp3) is 1.00. The molecule has 0 aliphatic carbocycles. The van der Waals surface area contributed by atoms with Crippen molar-refractivity contribution in [1.29, 1.82) is 0 Å². The highest BCUT2D eigenvalue weighted by Crippen LogP contribution is 2.24. The van der Waals surface area contributed by atoms with Crippen LogP contribution in [0, 0.1) is 11.8 Å². The summed E-state index contributed by atoms with van der Waals surface area (Å²) in [6.07, 6.45) is 4.29. The fourth-order valence-electron chi connectivity index (χ4n) is 2.15. The molecule has 0 aromatic heterocycles. The van der Waals surface area contributed by atoms with Crippen molar-refractivity contribution in [2.24, 2.45) is 11.8 Å². The molecule has 0 aromatic rings. The first-order valence-electron chi connectivity index (χ1n) is 6.44. The molecule has 2 atom stereocenters. The molecule has 0 saturated carbocycles. The van der Waals surface area contributed by atoms with Gasteiger partial charge in [-0.05, 0) is 37.6 Å². The van der Waals surface area contributed by atoms with Crippen LogP contribution in [0.25, 0.3) is 0 Å². The SMILES string of the molecule is CC(C)NCC(CC1CCCO1)C(C)C. The predicted octanol–water partition coefficient (Wildman–Crippen LogP) is 2.83. The van der Waals surface area contributed by atoms with Crippen molar-refractivity contribution in [3.05, 3.63) is 0 Å². The highest BCUT2D eigenvalue weighted by atomic mass is 16.5.